The topological polar surface area (TPSA) is 128 Å². The maximum Gasteiger partial charge on any atom is 0.256 e. The number of nitrogens with two attached hydrogens (primary N) is 1. The second-order valence-corrected chi connectivity index (χ2v) is 7.73. The Morgan fingerprint density at radius 3 is 2.71 bits per heavy atom. The largest absolute Gasteiger partial charge is 0.487 e. The molecule has 1 unspecified atom stereocenters. The Balaban J connectivity index is 1.86. The Kier molecular flexibility index (Phi) is 5.66. The number of thiazole rings is 1. The van der Waals surface area contributed by atoms with Gasteiger partial charge in [0.1, 0.15) is 29.7 Å². The molecule has 9 heteroatoms. The Labute approximate surface area is 165 Å². The van der Waals surface area contributed by atoms with E-state index < -0.39 is 24.5 Å². The molecule has 4 N–H and O–H groups in total. The summed E-state index contributed by atoms with van der Waals surface area (Å²) in [6.07, 6.45) is 0. The van der Waals surface area contributed by atoms with Gasteiger partial charge >= 0.3 is 0 Å². The summed E-state index contributed by atoms with van der Waals surface area (Å²) < 4.78 is 11.5. The fourth-order valence-electron chi connectivity index (χ4n) is 2.87. The van der Waals surface area contributed by atoms with Crippen LogP contribution in [0.3, 0.4) is 0 Å². The predicted molar refractivity (Wildman–Crippen MR) is 104 cm³/mol. The number of furan rings is 1. The second kappa shape index (κ2) is 7.99. The number of hydrogen-bond acceptors (Lipinski definition) is 7. The van der Waals surface area contributed by atoms with Gasteiger partial charge in [-0.3, -0.25) is 9.59 Å². The Hall–Kier alpha value is -2.91. The van der Waals surface area contributed by atoms with Crippen molar-refractivity contribution in [3.05, 3.63) is 45.1 Å². The minimum atomic E-state index is -1.17. The number of nitrogens with zero attached hydrogens (tertiary/aromatic N) is 1. The van der Waals surface area contributed by atoms with Crippen molar-refractivity contribution in [1.29, 1.82) is 0 Å². The minimum absolute atomic E-state index is 0.265. The number of hydrogen-bond donors (Lipinski definition) is 3. The lowest BCUT2D eigenvalue weighted by Crippen LogP contribution is -2.46. The van der Waals surface area contributed by atoms with Gasteiger partial charge in [0.25, 0.3) is 5.91 Å². The molecule has 0 fully saturated rings. The highest BCUT2D eigenvalue weighted by atomic mass is 32.1. The number of ether oxygens (including phenoxy) is 1. The van der Waals surface area contributed by atoms with Crippen molar-refractivity contribution in [2.75, 3.05) is 6.61 Å². The first-order chi connectivity index (χ1) is 13.3. The van der Waals surface area contributed by atoms with Crippen LogP contribution in [0.5, 0.6) is 5.75 Å². The van der Waals surface area contributed by atoms with Crippen molar-refractivity contribution >= 4 is 34.1 Å². The summed E-state index contributed by atoms with van der Waals surface area (Å²) in [6.45, 7) is 5.31. The van der Waals surface area contributed by atoms with Crippen molar-refractivity contribution in [2.45, 2.75) is 33.4 Å². The van der Waals surface area contributed by atoms with E-state index in [9.17, 15) is 14.7 Å². The Morgan fingerprint density at radius 1 is 1.36 bits per heavy atom. The average Bonchev–Trinajstić information content (AvgIpc) is 3.14. The number of carbonyl (C=O) groups excluding carboxylic acids is 2. The molecule has 1 atom stereocenters. The summed E-state index contributed by atoms with van der Waals surface area (Å²) in [6, 6.07) is 3.99. The Morgan fingerprint density at radius 2 is 2.11 bits per heavy atom. The Bertz CT molecular complexity index is 1040. The number of primary amides is 1. The molecule has 28 heavy (non-hydrogen) atoms. The lowest BCUT2D eigenvalue weighted by atomic mass is 10.1. The molecule has 0 saturated carbocycles. The highest BCUT2D eigenvalue weighted by Gasteiger charge is 2.23. The molecule has 1 aromatic carbocycles. The zero-order chi connectivity index (χ0) is 20.4. The van der Waals surface area contributed by atoms with Gasteiger partial charge in [0.05, 0.1) is 22.9 Å². The lowest BCUT2D eigenvalue weighted by Gasteiger charge is -2.12. The van der Waals surface area contributed by atoms with Gasteiger partial charge in [-0.1, -0.05) is 0 Å². The molecule has 2 amide bonds. The van der Waals surface area contributed by atoms with Crippen molar-refractivity contribution in [3.8, 4) is 5.75 Å². The van der Waals surface area contributed by atoms with E-state index in [0.717, 1.165) is 15.6 Å². The van der Waals surface area contributed by atoms with E-state index in [1.54, 1.807) is 36.5 Å². The van der Waals surface area contributed by atoms with Gasteiger partial charge in [-0.2, -0.15) is 0 Å². The molecule has 0 aliphatic rings. The monoisotopic (exact) mass is 403 g/mol. The number of amides is 2. The fraction of sp³-hybridized carbons (Fsp3) is 0.316. The van der Waals surface area contributed by atoms with Gasteiger partial charge in [-0.15, -0.1) is 11.3 Å². The fourth-order valence-corrected chi connectivity index (χ4v) is 3.69. The summed E-state index contributed by atoms with van der Waals surface area (Å²) in [5.41, 5.74) is 6.82. The smallest absolute Gasteiger partial charge is 0.256 e. The number of benzene rings is 1. The molecule has 0 radical (unpaired) electrons. The maximum absolute atomic E-state index is 12.6. The van der Waals surface area contributed by atoms with Gasteiger partial charge in [-0.05, 0) is 39.0 Å². The lowest BCUT2D eigenvalue weighted by molar-refractivity contribution is -0.120. The summed E-state index contributed by atoms with van der Waals surface area (Å²) in [5, 5.41) is 13.1. The quantitative estimate of drug-likeness (QED) is 0.553. The van der Waals surface area contributed by atoms with Crippen molar-refractivity contribution in [1.82, 2.24) is 10.3 Å². The second-order valence-electron chi connectivity index (χ2n) is 6.33. The summed E-state index contributed by atoms with van der Waals surface area (Å²) in [4.78, 5) is 29.4. The number of rotatable bonds is 7. The molecule has 3 aromatic rings. The number of aliphatic hydroxyl groups is 1. The van der Waals surface area contributed by atoms with Crippen LogP contribution in [0, 0.1) is 20.8 Å². The summed E-state index contributed by atoms with van der Waals surface area (Å²) in [7, 11) is 0. The first-order valence-corrected chi connectivity index (χ1v) is 9.41. The van der Waals surface area contributed by atoms with Crippen molar-refractivity contribution in [2.24, 2.45) is 5.73 Å². The molecule has 0 aliphatic carbocycles. The van der Waals surface area contributed by atoms with Crippen LogP contribution in [0.4, 0.5) is 0 Å². The third-order valence-corrected chi connectivity index (χ3v) is 5.20. The molecular formula is C19H21N3O5S. The highest BCUT2D eigenvalue weighted by Crippen LogP contribution is 2.30. The third kappa shape index (κ3) is 4.00. The SMILES string of the molecule is Cc1nc(COc2ccc3oc(C)c(C(=O)NC(CO)C(N)=O)c3c2)c(C)s1. The van der Waals surface area contributed by atoms with Crippen LogP contribution < -0.4 is 15.8 Å². The van der Waals surface area contributed by atoms with Gasteiger partial charge in [0.2, 0.25) is 5.91 Å². The zero-order valence-electron chi connectivity index (χ0n) is 15.7. The molecule has 8 nitrogen and oxygen atoms in total. The molecular weight excluding hydrogens is 382 g/mol. The van der Waals surface area contributed by atoms with Crippen molar-refractivity contribution < 1.29 is 23.8 Å². The number of aryl methyl sites for hydroxylation is 3. The molecule has 2 heterocycles. The number of carbonyl (C=O) groups is 2. The normalized spacial score (nSPS) is 12.1. The van der Waals surface area contributed by atoms with Crippen LogP contribution in [0.2, 0.25) is 0 Å². The van der Waals surface area contributed by atoms with Crippen LogP contribution in [-0.4, -0.2) is 34.6 Å². The molecule has 0 saturated heterocycles. The van der Waals surface area contributed by atoms with Crippen LogP contribution >= 0.6 is 11.3 Å². The number of nitrogens with one attached hydrogen (secondary N) is 1. The van der Waals surface area contributed by atoms with Gasteiger partial charge in [-0.25, -0.2) is 4.98 Å². The van der Waals surface area contributed by atoms with Gasteiger partial charge in [0.15, 0.2) is 0 Å². The summed E-state index contributed by atoms with van der Waals surface area (Å²) in [5.74, 6) is -0.436. The first kappa shape index (κ1) is 19.8. The van der Waals surface area contributed by atoms with Crippen LogP contribution in [0.25, 0.3) is 11.0 Å². The standard InChI is InChI=1S/C19H21N3O5S/c1-9-17(19(25)22-14(7-23)18(20)24)13-6-12(4-5-16(13)27-9)26-8-15-10(2)28-11(3)21-15/h4-6,14,23H,7-8H2,1-3H3,(H2,20,24)(H,22,25). The molecule has 0 spiro atoms. The van der Waals surface area contributed by atoms with E-state index in [1.807, 2.05) is 13.8 Å². The van der Waals surface area contributed by atoms with E-state index in [-0.39, 0.29) is 5.56 Å². The van der Waals surface area contributed by atoms with E-state index in [1.165, 1.54) is 0 Å². The van der Waals surface area contributed by atoms with E-state index in [2.05, 4.69) is 10.3 Å². The average molecular weight is 403 g/mol. The molecule has 0 bridgehead atoms. The number of aromatic nitrogens is 1. The van der Waals surface area contributed by atoms with E-state index in [0.29, 0.717) is 29.1 Å². The summed E-state index contributed by atoms with van der Waals surface area (Å²) >= 11 is 1.61. The predicted octanol–water partition coefficient (Wildman–Crippen LogP) is 1.97. The molecule has 148 valence electrons. The zero-order valence-corrected chi connectivity index (χ0v) is 16.6. The first-order valence-electron chi connectivity index (χ1n) is 8.60. The maximum atomic E-state index is 12.6. The number of fused-ring (bicyclic) bond motifs is 1. The van der Waals surface area contributed by atoms with Crippen LogP contribution in [0.15, 0.2) is 22.6 Å². The van der Waals surface area contributed by atoms with Gasteiger partial charge < -0.3 is 25.3 Å². The van der Waals surface area contributed by atoms with E-state index in [4.69, 9.17) is 14.9 Å². The third-order valence-electron chi connectivity index (χ3n) is 4.27. The minimum Gasteiger partial charge on any atom is -0.487 e. The molecule has 0 aliphatic heterocycles. The number of aliphatic hydroxyl groups excluding tert-OH is 1. The molecule has 2 aromatic heterocycles. The molecule has 3 rings (SSSR count). The van der Waals surface area contributed by atoms with E-state index >= 15 is 0 Å². The van der Waals surface area contributed by atoms with Crippen LogP contribution in [-0.2, 0) is 11.4 Å². The van der Waals surface area contributed by atoms with Gasteiger partial charge in [0, 0.05) is 10.3 Å². The van der Waals surface area contributed by atoms with Crippen molar-refractivity contribution in [3.63, 3.8) is 0 Å². The van der Waals surface area contributed by atoms with Crippen LogP contribution in [0.1, 0.15) is 31.7 Å². The highest BCUT2D eigenvalue weighted by molar-refractivity contribution is 7.11.